The van der Waals surface area contributed by atoms with E-state index in [9.17, 15) is 23.4 Å². The maximum absolute atomic E-state index is 12.7. The Hall–Kier alpha value is -0.550. The molecule has 0 radical (unpaired) electrons. The van der Waals surface area contributed by atoms with E-state index in [1.807, 2.05) is 0 Å². The molecule has 2 saturated carbocycles. The number of hydrogen-bond donors (Lipinski definition) is 2. The predicted molar refractivity (Wildman–Crippen MR) is 126 cm³/mol. The van der Waals surface area contributed by atoms with Gasteiger partial charge in [0.05, 0.1) is 6.10 Å². The molecule has 0 bridgehead atoms. The summed E-state index contributed by atoms with van der Waals surface area (Å²) in [5.74, 6) is 2.09. The maximum atomic E-state index is 12.7. The second-order valence-electron chi connectivity index (χ2n) is 13.1. The number of aliphatic hydroxyl groups excluding tert-OH is 2. The highest BCUT2D eigenvalue weighted by Gasteiger charge is 2.59. The van der Waals surface area contributed by atoms with E-state index < -0.39 is 12.3 Å². The van der Waals surface area contributed by atoms with Gasteiger partial charge in [0.15, 0.2) is 0 Å². The molecule has 4 aliphatic carbocycles. The van der Waals surface area contributed by atoms with Crippen molar-refractivity contribution in [1.29, 1.82) is 0 Å². The second kappa shape index (κ2) is 8.54. The van der Waals surface area contributed by atoms with E-state index in [1.54, 1.807) is 11.1 Å². The minimum absolute atomic E-state index is 0.0417. The van der Waals surface area contributed by atoms with E-state index in [2.05, 4.69) is 34.6 Å². The molecule has 0 heterocycles. The van der Waals surface area contributed by atoms with Crippen molar-refractivity contribution in [3.63, 3.8) is 0 Å². The topological polar surface area (TPSA) is 40.5 Å². The molecule has 2 N–H and O–H groups in total. The van der Waals surface area contributed by atoms with Crippen molar-refractivity contribution in [3.05, 3.63) is 11.1 Å². The van der Waals surface area contributed by atoms with Gasteiger partial charge in [0.25, 0.3) is 0 Å². The first-order valence-corrected chi connectivity index (χ1v) is 13.4. The average molecular weight is 471 g/mol. The van der Waals surface area contributed by atoms with Gasteiger partial charge in [-0.3, -0.25) is 0 Å². The third-order valence-electron chi connectivity index (χ3n) is 11.2. The van der Waals surface area contributed by atoms with Crippen LogP contribution < -0.4 is 0 Å². The highest BCUT2D eigenvalue weighted by atomic mass is 19.4. The molecule has 33 heavy (non-hydrogen) atoms. The Bertz CT molecular complexity index is 772. The number of aliphatic hydroxyl groups is 2. The number of rotatable bonds is 5. The van der Waals surface area contributed by atoms with Crippen molar-refractivity contribution in [2.75, 3.05) is 0 Å². The standard InChI is InChI=1S/C28H45F3O2/c1-17(7-6-8-24(33)28(29,30)31)19-10-11-20-18-9-12-22-25(2,3)23(32)14-16-27(22,5)21(18)13-15-26(19,20)4/h17,19-20,22-24,32-33H,6-16H2,1-5H3/t17-,19-,20?,22+,23+,24-,26-,27-/m1/s1. The summed E-state index contributed by atoms with van der Waals surface area (Å²) in [7, 11) is 0. The number of alkyl halides is 3. The van der Waals surface area contributed by atoms with Crippen molar-refractivity contribution in [2.45, 2.75) is 124 Å². The maximum Gasteiger partial charge on any atom is 0.414 e. The molecule has 0 aromatic carbocycles. The fourth-order valence-corrected chi connectivity index (χ4v) is 9.26. The van der Waals surface area contributed by atoms with Crippen LogP contribution in [-0.4, -0.2) is 28.6 Å². The Morgan fingerprint density at radius 3 is 2.33 bits per heavy atom. The molecule has 4 rings (SSSR count). The lowest BCUT2D eigenvalue weighted by Crippen LogP contribution is -2.53. The lowest BCUT2D eigenvalue weighted by Gasteiger charge is -2.60. The van der Waals surface area contributed by atoms with Crippen LogP contribution in [0.15, 0.2) is 11.1 Å². The van der Waals surface area contributed by atoms with Gasteiger partial charge < -0.3 is 10.2 Å². The Balaban J connectivity index is 1.49. The average Bonchev–Trinajstić information content (AvgIpc) is 3.07. The SMILES string of the molecule is C[C@H](CCC[C@@H](O)C(F)(F)F)[C@H]1CCC2C3=C(CC[C@@]21C)[C@@]1(C)CC[C@H](O)C(C)(C)[C@@H]1CC3. The van der Waals surface area contributed by atoms with Gasteiger partial charge >= 0.3 is 6.18 Å². The Labute approximate surface area is 198 Å². The largest absolute Gasteiger partial charge is 0.414 e. The van der Waals surface area contributed by atoms with Crippen LogP contribution in [0.5, 0.6) is 0 Å². The summed E-state index contributed by atoms with van der Waals surface area (Å²) in [5, 5.41) is 20.1. The van der Waals surface area contributed by atoms with Crippen LogP contribution in [0.1, 0.15) is 105 Å². The molecule has 0 saturated heterocycles. The third-order valence-corrected chi connectivity index (χ3v) is 11.2. The zero-order valence-corrected chi connectivity index (χ0v) is 21.3. The first-order valence-electron chi connectivity index (χ1n) is 13.4. The van der Waals surface area contributed by atoms with Crippen molar-refractivity contribution in [2.24, 2.45) is 39.9 Å². The molecule has 0 amide bonds. The van der Waals surface area contributed by atoms with Crippen LogP contribution in [-0.2, 0) is 0 Å². The van der Waals surface area contributed by atoms with Crippen LogP contribution in [0.2, 0.25) is 0 Å². The molecule has 190 valence electrons. The normalized spacial score (nSPS) is 42.4. The van der Waals surface area contributed by atoms with Crippen molar-refractivity contribution in [3.8, 4) is 0 Å². The molecule has 0 aliphatic heterocycles. The minimum atomic E-state index is -4.50. The van der Waals surface area contributed by atoms with Crippen LogP contribution in [0.3, 0.4) is 0 Å². The summed E-state index contributed by atoms with van der Waals surface area (Å²) in [6.45, 7) is 11.7. The van der Waals surface area contributed by atoms with Crippen LogP contribution in [0, 0.1) is 39.9 Å². The highest BCUT2D eigenvalue weighted by Crippen LogP contribution is 2.68. The minimum Gasteiger partial charge on any atom is -0.393 e. The molecular formula is C28H45F3O2. The van der Waals surface area contributed by atoms with E-state index in [4.69, 9.17) is 0 Å². The Morgan fingerprint density at radius 2 is 1.67 bits per heavy atom. The van der Waals surface area contributed by atoms with Gasteiger partial charge in [-0.15, -0.1) is 0 Å². The van der Waals surface area contributed by atoms with E-state index in [0.717, 1.165) is 32.1 Å². The van der Waals surface area contributed by atoms with Gasteiger partial charge in [0.2, 0.25) is 0 Å². The Kier molecular flexibility index (Phi) is 6.61. The molecule has 2 fully saturated rings. The summed E-state index contributed by atoms with van der Waals surface area (Å²) in [4.78, 5) is 0. The van der Waals surface area contributed by atoms with Gasteiger partial charge in [-0.05, 0) is 97.7 Å². The summed E-state index contributed by atoms with van der Waals surface area (Å²) in [6.07, 6.45) is 3.14. The summed E-state index contributed by atoms with van der Waals surface area (Å²) in [6, 6.07) is 0. The fraction of sp³-hybridized carbons (Fsp3) is 0.929. The third kappa shape index (κ3) is 4.11. The van der Waals surface area contributed by atoms with Crippen molar-refractivity contribution in [1.82, 2.24) is 0 Å². The summed E-state index contributed by atoms with van der Waals surface area (Å²) >= 11 is 0. The Morgan fingerprint density at radius 1 is 0.970 bits per heavy atom. The van der Waals surface area contributed by atoms with E-state index in [0.29, 0.717) is 30.1 Å². The van der Waals surface area contributed by atoms with Crippen molar-refractivity contribution >= 4 is 0 Å². The molecule has 5 heteroatoms. The van der Waals surface area contributed by atoms with Crippen LogP contribution in [0.4, 0.5) is 13.2 Å². The molecule has 0 aromatic heterocycles. The zero-order chi connectivity index (χ0) is 24.4. The second-order valence-corrected chi connectivity index (χ2v) is 13.1. The van der Waals surface area contributed by atoms with Gasteiger partial charge in [0.1, 0.15) is 6.10 Å². The lowest BCUT2D eigenvalue weighted by molar-refractivity contribution is -0.205. The number of halogens is 3. The summed E-state index contributed by atoms with van der Waals surface area (Å²) < 4.78 is 38.0. The highest BCUT2D eigenvalue weighted by molar-refractivity contribution is 5.35. The lowest BCUT2D eigenvalue weighted by atomic mass is 9.46. The van der Waals surface area contributed by atoms with Gasteiger partial charge in [0, 0.05) is 0 Å². The molecule has 8 atom stereocenters. The van der Waals surface area contributed by atoms with E-state index in [-0.39, 0.29) is 28.8 Å². The van der Waals surface area contributed by atoms with E-state index in [1.165, 1.54) is 25.7 Å². The molecule has 0 spiro atoms. The predicted octanol–water partition coefficient (Wildman–Crippen LogP) is 7.44. The van der Waals surface area contributed by atoms with Crippen LogP contribution in [0.25, 0.3) is 0 Å². The molecular weight excluding hydrogens is 425 g/mol. The quantitative estimate of drug-likeness (QED) is 0.410. The monoisotopic (exact) mass is 470 g/mol. The molecule has 0 aromatic rings. The molecule has 2 nitrogen and oxygen atoms in total. The van der Waals surface area contributed by atoms with Gasteiger partial charge in [-0.2, -0.15) is 13.2 Å². The smallest absolute Gasteiger partial charge is 0.393 e. The van der Waals surface area contributed by atoms with E-state index >= 15 is 0 Å². The number of allylic oxidation sites excluding steroid dienone is 2. The first-order chi connectivity index (χ1) is 15.2. The van der Waals surface area contributed by atoms with Crippen molar-refractivity contribution < 1.29 is 23.4 Å². The molecule has 4 aliphatic rings. The number of hydrogen-bond acceptors (Lipinski definition) is 2. The number of fused-ring (bicyclic) bond motifs is 4. The first kappa shape index (κ1) is 25.5. The fourth-order valence-electron chi connectivity index (χ4n) is 9.26. The van der Waals surface area contributed by atoms with Crippen LogP contribution >= 0.6 is 0 Å². The van der Waals surface area contributed by atoms with Gasteiger partial charge in [-0.25, -0.2) is 0 Å². The van der Waals surface area contributed by atoms with Gasteiger partial charge in [-0.1, -0.05) is 58.6 Å². The molecule has 1 unspecified atom stereocenters. The summed E-state index contributed by atoms with van der Waals surface area (Å²) in [5.41, 5.74) is 3.84. The zero-order valence-electron chi connectivity index (χ0n) is 21.3.